The molecule has 0 fully saturated rings. The van der Waals surface area contributed by atoms with Crippen LogP contribution in [0.2, 0.25) is 0 Å². The highest BCUT2D eigenvalue weighted by atomic mass is 16.5. The fraction of sp³-hybridized carbons (Fsp3) is 0.438. The molecule has 20 heavy (non-hydrogen) atoms. The molecule has 1 atom stereocenters. The average molecular weight is 273 g/mol. The first-order valence-corrected chi connectivity index (χ1v) is 7.26. The van der Waals surface area contributed by atoms with E-state index in [2.05, 4.69) is 43.3 Å². The standard InChI is InChI=1S/C16H23N3O/c1-4-9-19-12-16(11-18-19)20-15-8-6-7-14(10-15)13(3)17-5-2/h6-8,10-13,17H,4-5,9H2,1-3H3. The van der Waals surface area contributed by atoms with E-state index in [1.54, 1.807) is 6.20 Å². The Kier molecular flexibility index (Phi) is 5.18. The Labute approximate surface area is 120 Å². The highest BCUT2D eigenvalue weighted by molar-refractivity contribution is 5.33. The maximum absolute atomic E-state index is 5.86. The zero-order valence-corrected chi connectivity index (χ0v) is 12.5. The molecule has 1 N–H and O–H groups in total. The van der Waals surface area contributed by atoms with Crippen molar-refractivity contribution in [1.29, 1.82) is 0 Å². The Morgan fingerprint density at radius 1 is 1.30 bits per heavy atom. The lowest BCUT2D eigenvalue weighted by Crippen LogP contribution is -2.17. The molecule has 108 valence electrons. The van der Waals surface area contributed by atoms with Gasteiger partial charge in [0, 0.05) is 12.6 Å². The van der Waals surface area contributed by atoms with Gasteiger partial charge in [0.25, 0.3) is 0 Å². The molecule has 0 saturated carbocycles. The fourth-order valence-corrected chi connectivity index (χ4v) is 2.16. The second-order valence-corrected chi connectivity index (χ2v) is 4.89. The highest BCUT2D eigenvalue weighted by Crippen LogP contribution is 2.24. The van der Waals surface area contributed by atoms with E-state index in [0.29, 0.717) is 6.04 Å². The molecule has 1 aromatic carbocycles. The molecule has 0 bridgehead atoms. The molecule has 1 unspecified atom stereocenters. The molecular weight excluding hydrogens is 250 g/mol. The number of nitrogens with one attached hydrogen (secondary N) is 1. The van der Waals surface area contributed by atoms with Crippen molar-refractivity contribution >= 4 is 0 Å². The van der Waals surface area contributed by atoms with Crippen molar-refractivity contribution in [2.75, 3.05) is 6.54 Å². The largest absolute Gasteiger partial charge is 0.454 e. The summed E-state index contributed by atoms with van der Waals surface area (Å²) in [5.41, 5.74) is 1.23. The Morgan fingerprint density at radius 2 is 2.15 bits per heavy atom. The summed E-state index contributed by atoms with van der Waals surface area (Å²) in [5.74, 6) is 1.63. The van der Waals surface area contributed by atoms with Crippen LogP contribution in [0.3, 0.4) is 0 Å². The second-order valence-electron chi connectivity index (χ2n) is 4.89. The van der Waals surface area contributed by atoms with Crippen molar-refractivity contribution in [1.82, 2.24) is 15.1 Å². The molecule has 4 nitrogen and oxygen atoms in total. The summed E-state index contributed by atoms with van der Waals surface area (Å²) in [4.78, 5) is 0. The average Bonchev–Trinajstić information content (AvgIpc) is 2.87. The summed E-state index contributed by atoms with van der Waals surface area (Å²) in [6.07, 6.45) is 4.76. The third-order valence-electron chi connectivity index (χ3n) is 3.17. The van der Waals surface area contributed by atoms with E-state index in [-0.39, 0.29) is 0 Å². The van der Waals surface area contributed by atoms with Crippen molar-refractivity contribution in [3.8, 4) is 11.5 Å². The highest BCUT2D eigenvalue weighted by Gasteiger charge is 2.06. The minimum Gasteiger partial charge on any atom is -0.454 e. The van der Waals surface area contributed by atoms with E-state index >= 15 is 0 Å². The Morgan fingerprint density at radius 3 is 2.90 bits per heavy atom. The van der Waals surface area contributed by atoms with E-state index in [1.807, 2.05) is 23.0 Å². The van der Waals surface area contributed by atoms with Gasteiger partial charge in [-0.05, 0) is 37.6 Å². The van der Waals surface area contributed by atoms with E-state index in [0.717, 1.165) is 31.0 Å². The van der Waals surface area contributed by atoms with E-state index in [9.17, 15) is 0 Å². The molecule has 2 aromatic rings. The molecule has 0 aliphatic rings. The number of benzene rings is 1. The monoisotopic (exact) mass is 273 g/mol. The van der Waals surface area contributed by atoms with Crippen LogP contribution in [0.5, 0.6) is 11.5 Å². The first-order valence-electron chi connectivity index (χ1n) is 7.26. The molecule has 1 heterocycles. The van der Waals surface area contributed by atoms with Gasteiger partial charge in [-0.15, -0.1) is 0 Å². The Hall–Kier alpha value is -1.81. The molecular formula is C16H23N3O. The van der Waals surface area contributed by atoms with Gasteiger partial charge < -0.3 is 10.1 Å². The van der Waals surface area contributed by atoms with Gasteiger partial charge in [-0.2, -0.15) is 5.10 Å². The first-order chi connectivity index (χ1) is 9.72. The smallest absolute Gasteiger partial charge is 0.165 e. The van der Waals surface area contributed by atoms with Crippen LogP contribution < -0.4 is 10.1 Å². The number of aryl methyl sites for hydroxylation is 1. The van der Waals surface area contributed by atoms with Crippen LogP contribution in [0.25, 0.3) is 0 Å². The summed E-state index contributed by atoms with van der Waals surface area (Å²) < 4.78 is 7.77. The minimum atomic E-state index is 0.325. The maximum atomic E-state index is 5.86. The second kappa shape index (κ2) is 7.10. The third kappa shape index (κ3) is 3.84. The quantitative estimate of drug-likeness (QED) is 0.835. The summed E-state index contributed by atoms with van der Waals surface area (Å²) in [7, 11) is 0. The van der Waals surface area contributed by atoms with Crippen LogP contribution in [-0.4, -0.2) is 16.3 Å². The van der Waals surface area contributed by atoms with Crippen LogP contribution in [0, 0.1) is 0 Å². The van der Waals surface area contributed by atoms with Crippen molar-refractivity contribution in [2.24, 2.45) is 0 Å². The predicted octanol–water partition coefficient (Wildman–Crippen LogP) is 3.76. The van der Waals surface area contributed by atoms with Gasteiger partial charge in [-0.25, -0.2) is 0 Å². The summed E-state index contributed by atoms with van der Waals surface area (Å²) in [6, 6.07) is 8.51. The molecule has 0 aliphatic heterocycles. The van der Waals surface area contributed by atoms with Gasteiger partial charge in [0.05, 0.1) is 12.4 Å². The number of aromatic nitrogens is 2. The van der Waals surface area contributed by atoms with Crippen molar-refractivity contribution in [3.63, 3.8) is 0 Å². The molecule has 0 saturated heterocycles. The summed E-state index contributed by atoms with van der Waals surface area (Å²) in [6.45, 7) is 8.27. The number of nitrogens with zero attached hydrogens (tertiary/aromatic N) is 2. The predicted molar refractivity (Wildman–Crippen MR) is 81.1 cm³/mol. The van der Waals surface area contributed by atoms with Crippen molar-refractivity contribution < 1.29 is 4.74 Å². The summed E-state index contributed by atoms with van der Waals surface area (Å²) in [5, 5.41) is 7.67. The number of hydrogen-bond donors (Lipinski definition) is 1. The SMILES string of the molecule is CCCn1cc(Oc2cccc(C(C)NCC)c2)cn1. The molecule has 4 heteroatoms. The lowest BCUT2D eigenvalue weighted by atomic mass is 10.1. The lowest BCUT2D eigenvalue weighted by molar-refractivity contribution is 0.478. The lowest BCUT2D eigenvalue weighted by Gasteiger charge is -2.13. The van der Waals surface area contributed by atoms with Crippen molar-refractivity contribution in [2.45, 2.75) is 39.8 Å². The van der Waals surface area contributed by atoms with Crippen LogP contribution >= 0.6 is 0 Å². The first kappa shape index (κ1) is 14.6. The molecule has 0 radical (unpaired) electrons. The molecule has 0 aliphatic carbocycles. The van der Waals surface area contributed by atoms with E-state index in [1.165, 1.54) is 5.56 Å². The van der Waals surface area contributed by atoms with Crippen LogP contribution in [0.1, 0.15) is 38.8 Å². The van der Waals surface area contributed by atoms with Gasteiger partial charge >= 0.3 is 0 Å². The maximum Gasteiger partial charge on any atom is 0.165 e. The van der Waals surface area contributed by atoms with Gasteiger partial charge in [-0.1, -0.05) is 26.0 Å². The molecule has 0 spiro atoms. The van der Waals surface area contributed by atoms with Crippen LogP contribution in [0.15, 0.2) is 36.7 Å². The zero-order chi connectivity index (χ0) is 14.4. The Bertz CT molecular complexity index is 536. The van der Waals surface area contributed by atoms with Crippen LogP contribution in [0.4, 0.5) is 0 Å². The zero-order valence-electron chi connectivity index (χ0n) is 12.5. The fourth-order valence-electron chi connectivity index (χ4n) is 2.16. The topological polar surface area (TPSA) is 39.1 Å². The summed E-state index contributed by atoms with van der Waals surface area (Å²) >= 11 is 0. The van der Waals surface area contributed by atoms with Crippen molar-refractivity contribution in [3.05, 3.63) is 42.2 Å². The van der Waals surface area contributed by atoms with E-state index < -0.39 is 0 Å². The van der Waals surface area contributed by atoms with Gasteiger partial charge in [0.2, 0.25) is 0 Å². The number of hydrogen-bond acceptors (Lipinski definition) is 3. The number of ether oxygens (including phenoxy) is 1. The van der Waals surface area contributed by atoms with E-state index in [4.69, 9.17) is 4.74 Å². The Balaban J connectivity index is 2.06. The minimum absolute atomic E-state index is 0.325. The van der Waals surface area contributed by atoms with Gasteiger partial charge in [-0.3, -0.25) is 4.68 Å². The normalized spacial score (nSPS) is 12.3. The van der Waals surface area contributed by atoms with Gasteiger partial charge in [0.15, 0.2) is 5.75 Å². The third-order valence-corrected chi connectivity index (χ3v) is 3.17. The van der Waals surface area contributed by atoms with Crippen LogP contribution in [-0.2, 0) is 6.54 Å². The van der Waals surface area contributed by atoms with Gasteiger partial charge in [0.1, 0.15) is 5.75 Å². The molecule has 1 aromatic heterocycles. The molecule has 2 rings (SSSR count). The molecule has 0 amide bonds. The number of rotatable bonds is 7.